The van der Waals surface area contributed by atoms with Crippen LogP contribution in [0.1, 0.15) is 24.1 Å². The summed E-state index contributed by atoms with van der Waals surface area (Å²) in [4.78, 5) is 2.07. The molecule has 0 saturated heterocycles. The fraction of sp³-hybridized carbons (Fsp3) is 0.250. The van der Waals surface area contributed by atoms with Crippen LogP contribution < -0.4 is 0 Å². The lowest BCUT2D eigenvalue weighted by Gasteiger charge is -2.30. The van der Waals surface area contributed by atoms with Crippen LogP contribution in [0.5, 0.6) is 0 Å². The Bertz CT molecular complexity index is 426. The Morgan fingerprint density at radius 3 is 2.79 bits per heavy atom. The summed E-state index contributed by atoms with van der Waals surface area (Å²) in [5.41, 5.74) is 3.05. The van der Waals surface area contributed by atoms with E-state index in [4.69, 9.17) is 5.26 Å². The third-order valence-electron chi connectivity index (χ3n) is 2.77. The van der Waals surface area contributed by atoms with E-state index >= 15 is 0 Å². The maximum absolute atomic E-state index is 9.00. The molecule has 1 aliphatic heterocycles. The van der Waals surface area contributed by atoms with E-state index in [2.05, 4.69) is 24.0 Å². The fourth-order valence-electron chi connectivity index (χ4n) is 1.80. The molecule has 0 N–H and O–H groups in total. The first-order valence-electron chi connectivity index (χ1n) is 4.67. The summed E-state index contributed by atoms with van der Waals surface area (Å²) in [6.45, 7) is 2.14. The summed E-state index contributed by atoms with van der Waals surface area (Å²) in [5.74, 6) is 0. The van der Waals surface area contributed by atoms with Gasteiger partial charge in [-0.1, -0.05) is 24.3 Å². The van der Waals surface area contributed by atoms with Crippen LogP contribution in [0.3, 0.4) is 0 Å². The molecule has 0 aliphatic carbocycles. The molecule has 0 spiro atoms. The third-order valence-corrected chi connectivity index (χ3v) is 2.77. The van der Waals surface area contributed by atoms with Crippen LogP contribution in [0.25, 0.3) is 5.57 Å². The van der Waals surface area contributed by atoms with Crippen LogP contribution in [0.4, 0.5) is 0 Å². The number of rotatable bonds is 0. The predicted octanol–water partition coefficient (Wildman–Crippen LogP) is 2.56. The molecule has 2 rings (SSSR count). The van der Waals surface area contributed by atoms with E-state index in [9.17, 15) is 0 Å². The molecule has 2 heteroatoms. The zero-order valence-electron chi connectivity index (χ0n) is 8.36. The highest BCUT2D eigenvalue weighted by Gasteiger charge is 2.20. The predicted molar refractivity (Wildman–Crippen MR) is 56.2 cm³/mol. The molecule has 0 aromatic heterocycles. The number of nitriles is 1. The van der Waals surface area contributed by atoms with Gasteiger partial charge in [0.25, 0.3) is 0 Å². The summed E-state index contributed by atoms with van der Waals surface area (Å²) in [7, 11) is 2.00. The molecule has 2 nitrogen and oxygen atoms in total. The van der Waals surface area contributed by atoms with E-state index in [1.165, 1.54) is 5.56 Å². The van der Waals surface area contributed by atoms with E-state index in [1.54, 1.807) is 0 Å². The summed E-state index contributed by atoms with van der Waals surface area (Å²) in [6.07, 6.45) is 1.91. The van der Waals surface area contributed by atoms with Gasteiger partial charge in [0.1, 0.15) is 6.07 Å². The molecule has 1 unspecified atom stereocenters. The summed E-state index contributed by atoms with van der Waals surface area (Å²) < 4.78 is 0. The van der Waals surface area contributed by atoms with Crippen LogP contribution >= 0.6 is 0 Å². The summed E-state index contributed by atoms with van der Waals surface area (Å²) >= 11 is 0. The van der Waals surface area contributed by atoms with Crippen molar-refractivity contribution in [3.63, 3.8) is 0 Å². The third kappa shape index (κ3) is 1.18. The molecule has 1 aliphatic rings. The molecule has 70 valence electrons. The Kier molecular flexibility index (Phi) is 2.01. The monoisotopic (exact) mass is 184 g/mol. The average Bonchev–Trinajstić information content (AvgIpc) is 2.23. The van der Waals surface area contributed by atoms with Gasteiger partial charge in [0.05, 0.1) is 11.6 Å². The van der Waals surface area contributed by atoms with Crippen molar-refractivity contribution in [2.75, 3.05) is 7.05 Å². The van der Waals surface area contributed by atoms with Crippen LogP contribution in [0.15, 0.2) is 30.5 Å². The first kappa shape index (κ1) is 8.83. The Morgan fingerprint density at radius 2 is 2.07 bits per heavy atom. The highest BCUT2D eigenvalue weighted by molar-refractivity contribution is 5.79. The second kappa shape index (κ2) is 3.19. The Balaban J connectivity index is 2.62. The SMILES string of the molecule is CC1c2ccccc2C(C#N)=CN1C. The molecular weight excluding hydrogens is 172 g/mol. The second-order valence-electron chi connectivity index (χ2n) is 3.58. The lowest BCUT2D eigenvalue weighted by Crippen LogP contribution is -2.21. The van der Waals surface area contributed by atoms with Crippen molar-refractivity contribution in [3.8, 4) is 6.07 Å². The van der Waals surface area contributed by atoms with Crippen LogP contribution in [0.2, 0.25) is 0 Å². The zero-order chi connectivity index (χ0) is 10.1. The van der Waals surface area contributed by atoms with E-state index < -0.39 is 0 Å². The number of hydrogen-bond acceptors (Lipinski definition) is 2. The molecule has 0 fully saturated rings. The Hall–Kier alpha value is -1.75. The van der Waals surface area contributed by atoms with Gasteiger partial charge < -0.3 is 4.90 Å². The van der Waals surface area contributed by atoms with Gasteiger partial charge in [-0.2, -0.15) is 5.26 Å². The normalized spacial score (nSPS) is 19.6. The molecule has 0 radical (unpaired) electrons. The minimum Gasteiger partial charge on any atom is -0.373 e. The van der Waals surface area contributed by atoms with E-state index in [0.717, 1.165) is 11.1 Å². The highest BCUT2D eigenvalue weighted by Crippen LogP contribution is 2.32. The molecule has 1 atom stereocenters. The van der Waals surface area contributed by atoms with Gasteiger partial charge in [0, 0.05) is 13.2 Å². The van der Waals surface area contributed by atoms with Gasteiger partial charge in [-0.05, 0) is 18.1 Å². The van der Waals surface area contributed by atoms with Gasteiger partial charge in [-0.25, -0.2) is 0 Å². The summed E-state index contributed by atoms with van der Waals surface area (Å²) in [5, 5.41) is 9.00. The zero-order valence-corrected chi connectivity index (χ0v) is 8.36. The maximum atomic E-state index is 9.00. The number of hydrogen-bond donors (Lipinski definition) is 0. The Morgan fingerprint density at radius 1 is 1.36 bits per heavy atom. The number of allylic oxidation sites excluding steroid dienone is 1. The topological polar surface area (TPSA) is 27.0 Å². The van der Waals surface area contributed by atoms with Crippen molar-refractivity contribution < 1.29 is 0 Å². The summed E-state index contributed by atoms with van der Waals surface area (Å²) in [6, 6.07) is 10.7. The standard InChI is InChI=1S/C12H12N2/c1-9-11-5-3-4-6-12(11)10(7-13)8-14(9)2/h3-6,8-9H,1-2H3. The lowest BCUT2D eigenvalue weighted by atomic mass is 9.93. The Labute approximate surface area is 84.1 Å². The van der Waals surface area contributed by atoms with Crippen molar-refractivity contribution >= 4 is 5.57 Å². The molecule has 0 bridgehead atoms. The van der Waals surface area contributed by atoms with Gasteiger partial charge in [0.2, 0.25) is 0 Å². The second-order valence-corrected chi connectivity index (χ2v) is 3.58. The molecular formula is C12H12N2. The largest absolute Gasteiger partial charge is 0.373 e. The van der Waals surface area contributed by atoms with Crippen molar-refractivity contribution in [2.24, 2.45) is 0 Å². The molecule has 1 aromatic carbocycles. The lowest BCUT2D eigenvalue weighted by molar-refractivity contribution is 0.357. The van der Waals surface area contributed by atoms with Crippen molar-refractivity contribution in [2.45, 2.75) is 13.0 Å². The molecule has 1 heterocycles. The number of fused-ring (bicyclic) bond motifs is 1. The molecule has 0 saturated carbocycles. The fourth-order valence-corrected chi connectivity index (χ4v) is 1.80. The van der Waals surface area contributed by atoms with Gasteiger partial charge in [-0.3, -0.25) is 0 Å². The van der Waals surface area contributed by atoms with E-state index in [-0.39, 0.29) is 0 Å². The molecule has 14 heavy (non-hydrogen) atoms. The van der Waals surface area contributed by atoms with E-state index in [0.29, 0.717) is 6.04 Å². The highest BCUT2D eigenvalue weighted by atomic mass is 15.1. The van der Waals surface area contributed by atoms with Crippen LogP contribution in [-0.2, 0) is 0 Å². The van der Waals surface area contributed by atoms with Gasteiger partial charge >= 0.3 is 0 Å². The van der Waals surface area contributed by atoms with Gasteiger partial charge in [0.15, 0.2) is 0 Å². The average molecular weight is 184 g/mol. The molecule has 0 amide bonds. The van der Waals surface area contributed by atoms with Crippen molar-refractivity contribution in [1.29, 1.82) is 5.26 Å². The quantitative estimate of drug-likeness (QED) is 0.619. The first-order valence-corrected chi connectivity index (χ1v) is 4.67. The minimum absolute atomic E-state index is 0.350. The van der Waals surface area contributed by atoms with Crippen molar-refractivity contribution in [1.82, 2.24) is 4.90 Å². The van der Waals surface area contributed by atoms with Gasteiger partial charge in [-0.15, -0.1) is 0 Å². The number of benzene rings is 1. The minimum atomic E-state index is 0.350. The smallest absolute Gasteiger partial charge is 0.101 e. The maximum Gasteiger partial charge on any atom is 0.101 e. The van der Waals surface area contributed by atoms with Crippen LogP contribution in [0, 0.1) is 11.3 Å². The first-order chi connectivity index (χ1) is 6.74. The van der Waals surface area contributed by atoms with Crippen molar-refractivity contribution in [3.05, 3.63) is 41.6 Å². The molecule has 1 aromatic rings. The van der Waals surface area contributed by atoms with E-state index in [1.807, 2.05) is 31.4 Å². The van der Waals surface area contributed by atoms with Crippen LogP contribution in [-0.4, -0.2) is 11.9 Å². The number of nitrogens with zero attached hydrogens (tertiary/aromatic N) is 2.